The summed E-state index contributed by atoms with van der Waals surface area (Å²) < 4.78 is 6.01. The van der Waals surface area contributed by atoms with E-state index in [1.54, 1.807) is 11.3 Å². The fraction of sp³-hybridized carbons (Fsp3) is 0.333. The van der Waals surface area contributed by atoms with Crippen molar-refractivity contribution in [3.05, 3.63) is 57.2 Å². The molecule has 1 heterocycles. The van der Waals surface area contributed by atoms with E-state index in [1.165, 1.54) is 4.88 Å². The number of hydrogen-bond donors (Lipinski definition) is 1. The summed E-state index contributed by atoms with van der Waals surface area (Å²) in [6.07, 6.45) is 0.835. The highest BCUT2D eigenvalue weighted by Crippen LogP contribution is 2.27. The molecule has 0 aliphatic carbocycles. The van der Waals surface area contributed by atoms with Gasteiger partial charge in [0.05, 0.1) is 6.61 Å². The van der Waals surface area contributed by atoms with Gasteiger partial charge in [-0.15, -0.1) is 11.3 Å². The van der Waals surface area contributed by atoms with Gasteiger partial charge in [0.1, 0.15) is 6.10 Å². The first-order valence-electron chi connectivity index (χ1n) is 6.35. The maximum absolute atomic E-state index is 6.16. The second-order valence-electron chi connectivity index (χ2n) is 4.45. The van der Waals surface area contributed by atoms with Crippen molar-refractivity contribution in [2.75, 3.05) is 0 Å². The van der Waals surface area contributed by atoms with Gasteiger partial charge in [-0.2, -0.15) is 0 Å². The summed E-state index contributed by atoms with van der Waals surface area (Å²) >= 11 is 7.65. The molecule has 2 unspecified atom stereocenters. The lowest BCUT2D eigenvalue weighted by molar-refractivity contribution is 0.0236. The molecule has 0 aliphatic rings. The maximum Gasteiger partial charge on any atom is 0.107 e. The Labute approximate surface area is 123 Å². The monoisotopic (exact) mass is 295 g/mol. The lowest BCUT2D eigenvalue weighted by atomic mass is 10.1. The van der Waals surface area contributed by atoms with E-state index in [1.807, 2.05) is 35.7 Å². The largest absolute Gasteiger partial charge is 0.366 e. The van der Waals surface area contributed by atoms with E-state index in [4.69, 9.17) is 22.1 Å². The summed E-state index contributed by atoms with van der Waals surface area (Å²) in [4.78, 5) is 1.18. The standard InChI is InChI=1S/C15H18ClNOS/c1-2-13(17)15(14-7-4-8-19-14)18-10-11-5-3-6-12(16)9-11/h3-9,13,15H,2,10,17H2,1H3. The molecule has 2 rings (SSSR count). The highest BCUT2D eigenvalue weighted by molar-refractivity contribution is 7.10. The Morgan fingerprint density at radius 2 is 2.16 bits per heavy atom. The number of nitrogens with two attached hydrogens (primary N) is 1. The minimum absolute atomic E-state index is 0.0119. The third-order valence-electron chi connectivity index (χ3n) is 3.00. The highest BCUT2D eigenvalue weighted by atomic mass is 35.5. The van der Waals surface area contributed by atoms with Crippen LogP contribution in [-0.4, -0.2) is 6.04 Å². The third-order valence-corrected chi connectivity index (χ3v) is 4.17. The zero-order valence-corrected chi connectivity index (χ0v) is 12.5. The van der Waals surface area contributed by atoms with E-state index in [9.17, 15) is 0 Å². The summed E-state index contributed by atoms with van der Waals surface area (Å²) in [7, 11) is 0. The van der Waals surface area contributed by atoms with Gasteiger partial charge in [0, 0.05) is 15.9 Å². The van der Waals surface area contributed by atoms with Crippen molar-refractivity contribution >= 4 is 22.9 Å². The molecule has 2 aromatic rings. The van der Waals surface area contributed by atoms with Gasteiger partial charge in [0.2, 0.25) is 0 Å². The van der Waals surface area contributed by atoms with Gasteiger partial charge in [-0.05, 0) is 35.6 Å². The molecule has 0 spiro atoms. The van der Waals surface area contributed by atoms with E-state index in [0.29, 0.717) is 6.61 Å². The van der Waals surface area contributed by atoms with Gasteiger partial charge in [-0.3, -0.25) is 0 Å². The number of benzene rings is 1. The Morgan fingerprint density at radius 1 is 1.32 bits per heavy atom. The van der Waals surface area contributed by atoms with Crippen LogP contribution in [0.15, 0.2) is 41.8 Å². The zero-order valence-electron chi connectivity index (χ0n) is 10.9. The van der Waals surface area contributed by atoms with Crippen LogP contribution in [0.1, 0.15) is 29.9 Å². The predicted octanol–water partition coefficient (Wildman–Crippen LogP) is 4.40. The Hall–Kier alpha value is -0.870. The second kappa shape index (κ2) is 7.06. The van der Waals surface area contributed by atoms with E-state index in [-0.39, 0.29) is 12.1 Å². The fourth-order valence-electron chi connectivity index (χ4n) is 1.90. The van der Waals surface area contributed by atoms with Crippen molar-refractivity contribution < 1.29 is 4.74 Å². The second-order valence-corrected chi connectivity index (χ2v) is 5.86. The van der Waals surface area contributed by atoms with Crippen molar-refractivity contribution in [2.24, 2.45) is 5.73 Å². The van der Waals surface area contributed by atoms with Gasteiger partial charge >= 0.3 is 0 Å². The predicted molar refractivity (Wildman–Crippen MR) is 81.6 cm³/mol. The Morgan fingerprint density at radius 3 is 2.79 bits per heavy atom. The lowest BCUT2D eigenvalue weighted by Gasteiger charge is -2.22. The van der Waals surface area contributed by atoms with Crippen LogP contribution in [0, 0.1) is 0 Å². The summed E-state index contributed by atoms with van der Waals surface area (Å²) in [5.74, 6) is 0. The van der Waals surface area contributed by atoms with Gasteiger partial charge < -0.3 is 10.5 Å². The smallest absolute Gasteiger partial charge is 0.107 e. The molecule has 0 fully saturated rings. The lowest BCUT2D eigenvalue weighted by Crippen LogP contribution is -2.29. The normalized spacial score (nSPS) is 14.3. The summed E-state index contributed by atoms with van der Waals surface area (Å²) in [5.41, 5.74) is 7.23. The minimum Gasteiger partial charge on any atom is -0.366 e. The molecule has 2 nitrogen and oxygen atoms in total. The molecule has 0 aliphatic heterocycles. The zero-order chi connectivity index (χ0) is 13.7. The van der Waals surface area contributed by atoms with Crippen molar-refractivity contribution in [3.8, 4) is 0 Å². The average molecular weight is 296 g/mol. The van der Waals surface area contributed by atoms with Gasteiger partial charge in [-0.1, -0.05) is 36.7 Å². The van der Waals surface area contributed by atoms with Crippen LogP contribution in [0.2, 0.25) is 5.02 Å². The fourth-order valence-corrected chi connectivity index (χ4v) is 2.96. The SMILES string of the molecule is CCC(N)C(OCc1cccc(Cl)c1)c1cccs1. The van der Waals surface area contributed by atoms with Crippen LogP contribution in [0.25, 0.3) is 0 Å². The molecule has 1 aromatic heterocycles. The molecule has 0 saturated carbocycles. The number of rotatable bonds is 6. The molecule has 19 heavy (non-hydrogen) atoms. The molecule has 0 saturated heterocycles. The molecule has 102 valence electrons. The summed E-state index contributed by atoms with van der Waals surface area (Å²) in [6.45, 7) is 2.60. The molecular formula is C15H18ClNOS. The maximum atomic E-state index is 6.16. The Kier molecular flexibility index (Phi) is 5.40. The van der Waals surface area contributed by atoms with Crippen molar-refractivity contribution in [2.45, 2.75) is 32.1 Å². The average Bonchev–Trinajstić information content (AvgIpc) is 2.92. The first kappa shape index (κ1) is 14.5. The van der Waals surface area contributed by atoms with Crippen LogP contribution in [0.4, 0.5) is 0 Å². The molecule has 1 aromatic carbocycles. The van der Waals surface area contributed by atoms with Gasteiger partial charge in [-0.25, -0.2) is 0 Å². The topological polar surface area (TPSA) is 35.2 Å². The summed E-state index contributed by atoms with van der Waals surface area (Å²) in [6, 6.07) is 11.8. The third kappa shape index (κ3) is 4.05. The van der Waals surface area contributed by atoms with E-state index in [2.05, 4.69) is 13.0 Å². The Balaban J connectivity index is 2.05. The molecule has 0 radical (unpaired) electrons. The first-order chi connectivity index (χ1) is 9.20. The summed E-state index contributed by atoms with van der Waals surface area (Å²) in [5, 5.41) is 2.78. The molecule has 0 amide bonds. The van der Waals surface area contributed by atoms with Crippen LogP contribution in [0.3, 0.4) is 0 Å². The number of ether oxygens (including phenoxy) is 1. The van der Waals surface area contributed by atoms with E-state index < -0.39 is 0 Å². The first-order valence-corrected chi connectivity index (χ1v) is 7.61. The van der Waals surface area contributed by atoms with Gasteiger partial charge in [0.15, 0.2) is 0 Å². The minimum atomic E-state index is -0.0519. The highest BCUT2D eigenvalue weighted by Gasteiger charge is 2.20. The quantitative estimate of drug-likeness (QED) is 0.857. The van der Waals surface area contributed by atoms with Crippen molar-refractivity contribution in [1.82, 2.24) is 0 Å². The number of thiophene rings is 1. The molecule has 2 N–H and O–H groups in total. The number of hydrogen-bond acceptors (Lipinski definition) is 3. The van der Waals surface area contributed by atoms with Crippen molar-refractivity contribution in [3.63, 3.8) is 0 Å². The van der Waals surface area contributed by atoms with Crippen LogP contribution < -0.4 is 5.73 Å². The molecule has 4 heteroatoms. The molecular weight excluding hydrogens is 278 g/mol. The van der Waals surface area contributed by atoms with Crippen LogP contribution in [0.5, 0.6) is 0 Å². The van der Waals surface area contributed by atoms with Gasteiger partial charge in [0.25, 0.3) is 0 Å². The molecule has 2 atom stereocenters. The Bertz CT molecular complexity index is 501. The van der Waals surface area contributed by atoms with Crippen LogP contribution >= 0.6 is 22.9 Å². The number of halogens is 1. The van der Waals surface area contributed by atoms with Crippen molar-refractivity contribution in [1.29, 1.82) is 0 Å². The van der Waals surface area contributed by atoms with Crippen LogP contribution in [-0.2, 0) is 11.3 Å². The molecule has 0 bridgehead atoms. The van der Waals surface area contributed by atoms with E-state index in [0.717, 1.165) is 17.0 Å². The van der Waals surface area contributed by atoms with E-state index >= 15 is 0 Å².